The van der Waals surface area contributed by atoms with Crippen LogP contribution in [-0.2, 0) is 6.54 Å². The third-order valence-corrected chi connectivity index (χ3v) is 3.33. The molecule has 1 N–H and O–H groups in total. The first kappa shape index (κ1) is 14.7. The molecule has 0 spiro atoms. The minimum atomic E-state index is 0.699. The molecule has 0 atom stereocenters. The molecule has 20 heavy (non-hydrogen) atoms. The second-order valence-corrected chi connectivity index (χ2v) is 5.21. The molecule has 0 bridgehead atoms. The Morgan fingerprint density at radius 3 is 2.70 bits per heavy atom. The van der Waals surface area contributed by atoms with E-state index in [1.165, 1.54) is 5.56 Å². The van der Waals surface area contributed by atoms with E-state index in [2.05, 4.69) is 31.3 Å². The molecule has 0 heterocycles. The van der Waals surface area contributed by atoms with E-state index in [4.69, 9.17) is 16.3 Å². The van der Waals surface area contributed by atoms with Gasteiger partial charge in [0.1, 0.15) is 5.75 Å². The lowest BCUT2D eigenvalue weighted by atomic mass is 10.1. The Bertz CT molecular complexity index is 569. The van der Waals surface area contributed by atoms with Gasteiger partial charge in [0.25, 0.3) is 0 Å². The average molecular weight is 290 g/mol. The largest absolute Gasteiger partial charge is 0.493 e. The molecular formula is C17H20ClNO. The Morgan fingerprint density at radius 2 is 1.95 bits per heavy atom. The van der Waals surface area contributed by atoms with Crippen LogP contribution in [0.25, 0.3) is 0 Å². The number of rotatable bonds is 6. The van der Waals surface area contributed by atoms with Gasteiger partial charge in [-0.25, -0.2) is 0 Å². The molecule has 2 aromatic rings. The Hall–Kier alpha value is -1.67. The second kappa shape index (κ2) is 7.20. The number of benzene rings is 2. The molecule has 0 amide bonds. The van der Waals surface area contributed by atoms with Gasteiger partial charge in [-0.15, -0.1) is 0 Å². The Kier molecular flexibility index (Phi) is 5.31. The molecular weight excluding hydrogens is 270 g/mol. The molecule has 0 aromatic heterocycles. The van der Waals surface area contributed by atoms with E-state index in [-0.39, 0.29) is 0 Å². The summed E-state index contributed by atoms with van der Waals surface area (Å²) >= 11 is 6.08. The summed E-state index contributed by atoms with van der Waals surface area (Å²) in [4.78, 5) is 0. The summed E-state index contributed by atoms with van der Waals surface area (Å²) in [7, 11) is 0. The number of hydrogen-bond donors (Lipinski definition) is 1. The number of aryl methyl sites for hydroxylation is 1. The maximum atomic E-state index is 6.08. The molecule has 0 aliphatic carbocycles. The first-order chi connectivity index (χ1) is 9.70. The van der Waals surface area contributed by atoms with Crippen molar-refractivity contribution in [1.29, 1.82) is 0 Å². The van der Waals surface area contributed by atoms with Gasteiger partial charge in [0.05, 0.1) is 6.61 Å². The van der Waals surface area contributed by atoms with Crippen LogP contribution in [0.1, 0.15) is 24.5 Å². The van der Waals surface area contributed by atoms with Crippen molar-refractivity contribution in [1.82, 2.24) is 0 Å². The highest BCUT2D eigenvalue weighted by Crippen LogP contribution is 2.25. The van der Waals surface area contributed by atoms with Crippen LogP contribution in [0.2, 0.25) is 5.02 Å². The maximum Gasteiger partial charge on any atom is 0.124 e. The van der Waals surface area contributed by atoms with Gasteiger partial charge in [0.2, 0.25) is 0 Å². The van der Waals surface area contributed by atoms with Crippen molar-refractivity contribution >= 4 is 17.3 Å². The van der Waals surface area contributed by atoms with Crippen LogP contribution in [0.5, 0.6) is 5.75 Å². The quantitative estimate of drug-likeness (QED) is 0.803. The number of anilines is 1. The molecule has 0 unspecified atom stereocenters. The normalized spacial score (nSPS) is 10.3. The van der Waals surface area contributed by atoms with Crippen LogP contribution >= 0.6 is 11.6 Å². The van der Waals surface area contributed by atoms with E-state index in [0.717, 1.165) is 35.1 Å². The molecule has 0 fully saturated rings. The average Bonchev–Trinajstić information content (AvgIpc) is 2.45. The van der Waals surface area contributed by atoms with Crippen LogP contribution in [0.15, 0.2) is 42.5 Å². The first-order valence-corrected chi connectivity index (χ1v) is 7.29. The fourth-order valence-electron chi connectivity index (χ4n) is 2.00. The van der Waals surface area contributed by atoms with E-state index in [9.17, 15) is 0 Å². The molecule has 0 aliphatic rings. The standard InChI is InChI=1S/C17H20ClNO/c1-3-10-20-17-9-8-15(18)11-14(17)12-19-16-7-5-4-6-13(16)2/h4-9,11,19H,3,10,12H2,1-2H3. The fraction of sp³-hybridized carbons (Fsp3) is 0.294. The van der Waals surface area contributed by atoms with Crippen LogP contribution in [-0.4, -0.2) is 6.61 Å². The van der Waals surface area contributed by atoms with Crippen molar-refractivity contribution in [3.63, 3.8) is 0 Å². The Labute approximate surface area is 125 Å². The van der Waals surface area contributed by atoms with Gasteiger partial charge in [-0.1, -0.05) is 36.7 Å². The molecule has 0 aliphatic heterocycles. The van der Waals surface area contributed by atoms with Gasteiger partial charge < -0.3 is 10.1 Å². The monoisotopic (exact) mass is 289 g/mol. The Morgan fingerprint density at radius 1 is 1.15 bits per heavy atom. The van der Waals surface area contributed by atoms with Gasteiger partial charge >= 0.3 is 0 Å². The van der Waals surface area contributed by atoms with Crippen molar-refractivity contribution < 1.29 is 4.74 Å². The highest BCUT2D eigenvalue weighted by molar-refractivity contribution is 6.30. The van der Waals surface area contributed by atoms with Crippen molar-refractivity contribution in [2.45, 2.75) is 26.8 Å². The smallest absolute Gasteiger partial charge is 0.124 e. The first-order valence-electron chi connectivity index (χ1n) is 6.91. The highest BCUT2D eigenvalue weighted by Gasteiger charge is 2.05. The number of para-hydroxylation sites is 1. The zero-order chi connectivity index (χ0) is 14.4. The van der Waals surface area contributed by atoms with E-state index in [1.807, 2.05) is 30.3 Å². The zero-order valence-electron chi connectivity index (χ0n) is 11.9. The van der Waals surface area contributed by atoms with Gasteiger partial charge in [0.15, 0.2) is 0 Å². The van der Waals surface area contributed by atoms with Crippen molar-refractivity contribution in [3.8, 4) is 5.75 Å². The Balaban J connectivity index is 2.11. The SMILES string of the molecule is CCCOc1ccc(Cl)cc1CNc1ccccc1C. The lowest BCUT2D eigenvalue weighted by molar-refractivity contribution is 0.314. The minimum absolute atomic E-state index is 0.699. The van der Waals surface area contributed by atoms with Gasteiger partial charge in [-0.05, 0) is 43.2 Å². The molecule has 0 radical (unpaired) electrons. The molecule has 2 rings (SSSR count). The number of hydrogen-bond acceptors (Lipinski definition) is 2. The number of nitrogens with one attached hydrogen (secondary N) is 1. The third kappa shape index (κ3) is 3.91. The molecule has 2 nitrogen and oxygen atoms in total. The predicted octanol–water partition coefficient (Wildman–Crippen LogP) is 5.05. The van der Waals surface area contributed by atoms with Crippen molar-refractivity contribution in [3.05, 3.63) is 58.6 Å². The topological polar surface area (TPSA) is 21.3 Å². The number of ether oxygens (including phenoxy) is 1. The summed E-state index contributed by atoms with van der Waals surface area (Å²) in [6.45, 7) is 5.61. The molecule has 0 saturated heterocycles. The molecule has 2 aromatic carbocycles. The summed E-state index contributed by atoms with van der Waals surface area (Å²) in [6, 6.07) is 14.0. The van der Waals surface area contributed by atoms with Crippen LogP contribution < -0.4 is 10.1 Å². The maximum absolute atomic E-state index is 6.08. The van der Waals surface area contributed by atoms with Crippen LogP contribution in [0, 0.1) is 6.92 Å². The van der Waals surface area contributed by atoms with Crippen LogP contribution in [0.3, 0.4) is 0 Å². The fourth-order valence-corrected chi connectivity index (χ4v) is 2.20. The zero-order valence-corrected chi connectivity index (χ0v) is 12.7. The van der Waals surface area contributed by atoms with E-state index < -0.39 is 0 Å². The van der Waals surface area contributed by atoms with E-state index in [1.54, 1.807) is 0 Å². The van der Waals surface area contributed by atoms with E-state index >= 15 is 0 Å². The summed E-state index contributed by atoms with van der Waals surface area (Å²) in [6.07, 6.45) is 0.993. The predicted molar refractivity (Wildman–Crippen MR) is 85.7 cm³/mol. The summed E-state index contributed by atoms with van der Waals surface area (Å²) < 4.78 is 5.76. The van der Waals surface area contributed by atoms with Gasteiger partial charge in [-0.2, -0.15) is 0 Å². The van der Waals surface area contributed by atoms with Crippen molar-refractivity contribution in [2.75, 3.05) is 11.9 Å². The molecule has 3 heteroatoms. The minimum Gasteiger partial charge on any atom is -0.493 e. The summed E-state index contributed by atoms with van der Waals surface area (Å²) in [5.41, 5.74) is 3.44. The second-order valence-electron chi connectivity index (χ2n) is 4.77. The van der Waals surface area contributed by atoms with Gasteiger partial charge in [0, 0.05) is 22.8 Å². The highest BCUT2D eigenvalue weighted by atomic mass is 35.5. The molecule has 106 valence electrons. The summed E-state index contributed by atoms with van der Waals surface area (Å²) in [5, 5.41) is 4.17. The third-order valence-electron chi connectivity index (χ3n) is 3.10. The lowest BCUT2D eigenvalue weighted by Crippen LogP contribution is -2.05. The lowest BCUT2D eigenvalue weighted by Gasteiger charge is -2.14. The molecule has 0 saturated carbocycles. The van der Waals surface area contributed by atoms with Gasteiger partial charge in [-0.3, -0.25) is 0 Å². The van der Waals surface area contributed by atoms with E-state index in [0.29, 0.717) is 6.54 Å². The summed E-state index contributed by atoms with van der Waals surface area (Å²) in [5.74, 6) is 0.900. The van der Waals surface area contributed by atoms with Crippen LogP contribution in [0.4, 0.5) is 5.69 Å². The number of halogens is 1. The van der Waals surface area contributed by atoms with Crippen molar-refractivity contribution in [2.24, 2.45) is 0 Å².